The van der Waals surface area contributed by atoms with E-state index in [0.29, 0.717) is 9.85 Å². The highest BCUT2D eigenvalue weighted by atomic mass is 79.9. The summed E-state index contributed by atoms with van der Waals surface area (Å²) in [6.07, 6.45) is 0. The molecular formula is C13H16Br2ClN3O2. The van der Waals surface area contributed by atoms with Gasteiger partial charge in [0.15, 0.2) is 0 Å². The number of piperazine rings is 1. The van der Waals surface area contributed by atoms with E-state index in [1.54, 1.807) is 6.07 Å². The molecule has 0 aromatic heterocycles. The van der Waals surface area contributed by atoms with Gasteiger partial charge in [0, 0.05) is 55.0 Å². The summed E-state index contributed by atoms with van der Waals surface area (Å²) in [5.41, 5.74) is 0.902. The van der Waals surface area contributed by atoms with Crippen molar-refractivity contribution in [2.24, 2.45) is 0 Å². The molecule has 0 saturated carbocycles. The number of alkyl halides is 2. The highest BCUT2D eigenvalue weighted by molar-refractivity contribution is 9.12. The van der Waals surface area contributed by atoms with Gasteiger partial charge in [0.2, 0.25) is 0 Å². The van der Waals surface area contributed by atoms with Crippen molar-refractivity contribution in [3.63, 3.8) is 0 Å². The molecule has 0 spiro atoms. The van der Waals surface area contributed by atoms with Crippen molar-refractivity contribution in [3.8, 4) is 0 Å². The molecule has 116 valence electrons. The molecule has 1 aliphatic rings. The summed E-state index contributed by atoms with van der Waals surface area (Å²) in [5, 5.41) is 12.1. The monoisotopic (exact) mass is 439 g/mol. The smallest absolute Gasteiger partial charge is 0.271 e. The second kappa shape index (κ2) is 7.76. The molecule has 1 fully saturated rings. The number of nitrogens with zero attached hydrogens (tertiary/aromatic N) is 3. The zero-order valence-corrected chi connectivity index (χ0v) is 15.3. The minimum absolute atomic E-state index is 0.0295. The molecule has 1 aromatic rings. The molecule has 0 N–H and O–H groups in total. The van der Waals surface area contributed by atoms with Crippen molar-refractivity contribution in [1.29, 1.82) is 0 Å². The van der Waals surface area contributed by atoms with Crippen LogP contribution in [0.4, 0.5) is 11.4 Å². The average molecular weight is 442 g/mol. The summed E-state index contributed by atoms with van der Waals surface area (Å²) in [6.45, 7) is 4.68. The molecule has 0 amide bonds. The van der Waals surface area contributed by atoms with Crippen LogP contribution in [0.25, 0.3) is 0 Å². The second-order valence-corrected chi connectivity index (χ2v) is 7.28. The van der Waals surface area contributed by atoms with Crippen LogP contribution in [0.2, 0.25) is 5.02 Å². The number of hydrogen-bond donors (Lipinski definition) is 0. The predicted octanol–water partition coefficient (Wildman–Crippen LogP) is 3.53. The van der Waals surface area contributed by atoms with Crippen LogP contribution < -0.4 is 4.90 Å². The van der Waals surface area contributed by atoms with E-state index in [4.69, 9.17) is 11.6 Å². The van der Waals surface area contributed by atoms with Crippen LogP contribution in [0.3, 0.4) is 0 Å². The first-order valence-electron chi connectivity index (χ1n) is 6.62. The van der Waals surface area contributed by atoms with E-state index in [9.17, 15) is 10.1 Å². The zero-order valence-electron chi connectivity index (χ0n) is 11.3. The Kier molecular flexibility index (Phi) is 6.28. The lowest BCUT2D eigenvalue weighted by atomic mass is 10.2. The van der Waals surface area contributed by atoms with Gasteiger partial charge >= 0.3 is 0 Å². The van der Waals surface area contributed by atoms with Crippen molar-refractivity contribution < 1.29 is 4.92 Å². The Morgan fingerprint density at radius 3 is 2.52 bits per heavy atom. The lowest BCUT2D eigenvalue weighted by Crippen LogP contribution is -2.48. The number of nitro groups is 1. The quantitative estimate of drug-likeness (QED) is 0.399. The Balaban J connectivity index is 1.97. The molecule has 1 aliphatic heterocycles. The Labute approximate surface area is 145 Å². The SMILES string of the molecule is O=[N+]([O-])c1ccc(N2CCN(CC(Br)CBr)CC2)c(Cl)c1. The zero-order chi connectivity index (χ0) is 15.4. The molecule has 2 rings (SSSR count). The minimum Gasteiger partial charge on any atom is -0.368 e. The summed E-state index contributed by atoms with van der Waals surface area (Å²) < 4.78 is 0. The third-order valence-corrected chi connectivity index (χ3v) is 6.05. The normalized spacial score (nSPS) is 17.8. The van der Waals surface area contributed by atoms with Crippen molar-refractivity contribution >= 4 is 54.8 Å². The van der Waals surface area contributed by atoms with Gasteiger partial charge in [0.1, 0.15) is 0 Å². The Morgan fingerprint density at radius 2 is 2.00 bits per heavy atom. The highest BCUT2D eigenvalue weighted by Crippen LogP contribution is 2.30. The first kappa shape index (κ1) is 17.0. The average Bonchev–Trinajstić information content (AvgIpc) is 2.48. The van der Waals surface area contributed by atoms with Gasteiger partial charge in [0.25, 0.3) is 5.69 Å². The van der Waals surface area contributed by atoms with Crippen LogP contribution in [-0.4, -0.2) is 52.7 Å². The van der Waals surface area contributed by atoms with Gasteiger partial charge in [-0.05, 0) is 6.07 Å². The summed E-state index contributed by atoms with van der Waals surface area (Å²) in [7, 11) is 0. The summed E-state index contributed by atoms with van der Waals surface area (Å²) in [6, 6.07) is 4.66. The highest BCUT2D eigenvalue weighted by Gasteiger charge is 2.21. The maximum absolute atomic E-state index is 10.7. The number of non-ortho nitro benzene ring substituents is 1. The molecular weight excluding hydrogens is 425 g/mol. The molecule has 5 nitrogen and oxygen atoms in total. The molecule has 0 radical (unpaired) electrons. The van der Waals surface area contributed by atoms with Gasteiger partial charge in [-0.3, -0.25) is 15.0 Å². The Morgan fingerprint density at radius 1 is 1.33 bits per heavy atom. The maximum Gasteiger partial charge on any atom is 0.271 e. The second-order valence-electron chi connectivity index (χ2n) is 4.93. The number of anilines is 1. The Bertz CT molecular complexity index is 510. The van der Waals surface area contributed by atoms with E-state index < -0.39 is 4.92 Å². The topological polar surface area (TPSA) is 49.6 Å². The van der Waals surface area contributed by atoms with Crippen LogP contribution in [0.15, 0.2) is 18.2 Å². The first-order valence-corrected chi connectivity index (χ1v) is 9.04. The van der Waals surface area contributed by atoms with Crippen molar-refractivity contribution in [2.45, 2.75) is 4.83 Å². The van der Waals surface area contributed by atoms with Gasteiger partial charge in [-0.1, -0.05) is 43.5 Å². The lowest BCUT2D eigenvalue weighted by molar-refractivity contribution is -0.384. The van der Waals surface area contributed by atoms with E-state index >= 15 is 0 Å². The van der Waals surface area contributed by atoms with Crippen LogP contribution in [0.1, 0.15) is 0 Å². The lowest BCUT2D eigenvalue weighted by Gasteiger charge is -2.37. The van der Waals surface area contributed by atoms with E-state index in [-0.39, 0.29) is 5.69 Å². The largest absolute Gasteiger partial charge is 0.368 e. The molecule has 21 heavy (non-hydrogen) atoms. The summed E-state index contributed by atoms with van der Waals surface area (Å²) >= 11 is 13.3. The van der Waals surface area contributed by atoms with Gasteiger partial charge < -0.3 is 4.90 Å². The van der Waals surface area contributed by atoms with Crippen LogP contribution >= 0.6 is 43.5 Å². The van der Waals surface area contributed by atoms with Gasteiger partial charge in [-0.25, -0.2) is 0 Å². The summed E-state index contributed by atoms with van der Waals surface area (Å²) in [5.74, 6) is 0. The van der Waals surface area contributed by atoms with Gasteiger partial charge in [-0.2, -0.15) is 0 Å². The number of hydrogen-bond acceptors (Lipinski definition) is 4. The standard InChI is InChI=1S/C13H16Br2ClN3O2/c14-8-10(15)9-17-3-5-18(6-4-17)13-2-1-11(19(20)21)7-12(13)16/h1-2,7,10H,3-6,8-9H2. The fourth-order valence-electron chi connectivity index (χ4n) is 2.37. The van der Waals surface area contributed by atoms with E-state index in [1.165, 1.54) is 12.1 Å². The number of halogens is 3. The van der Waals surface area contributed by atoms with Gasteiger partial charge in [0.05, 0.1) is 15.6 Å². The van der Waals surface area contributed by atoms with Gasteiger partial charge in [-0.15, -0.1) is 0 Å². The Hall–Kier alpha value is -0.370. The molecule has 1 saturated heterocycles. The predicted molar refractivity (Wildman–Crippen MR) is 93.3 cm³/mol. The molecule has 1 unspecified atom stereocenters. The third kappa shape index (κ3) is 4.55. The fraction of sp³-hybridized carbons (Fsp3) is 0.538. The minimum atomic E-state index is -0.427. The van der Waals surface area contributed by atoms with Crippen LogP contribution in [0, 0.1) is 10.1 Å². The van der Waals surface area contributed by atoms with E-state index in [2.05, 4.69) is 41.7 Å². The van der Waals surface area contributed by atoms with Crippen LogP contribution in [-0.2, 0) is 0 Å². The molecule has 0 aliphatic carbocycles. The van der Waals surface area contributed by atoms with Crippen molar-refractivity contribution in [1.82, 2.24) is 4.90 Å². The molecule has 1 atom stereocenters. The number of benzene rings is 1. The molecule has 1 aromatic carbocycles. The maximum atomic E-state index is 10.7. The van der Waals surface area contributed by atoms with E-state index in [0.717, 1.165) is 43.7 Å². The van der Waals surface area contributed by atoms with Crippen molar-refractivity contribution in [2.75, 3.05) is 43.0 Å². The third-order valence-electron chi connectivity index (χ3n) is 3.48. The fourth-order valence-corrected chi connectivity index (χ4v) is 3.27. The molecule has 8 heteroatoms. The van der Waals surface area contributed by atoms with Crippen LogP contribution in [0.5, 0.6) is 0 Å². The number of nitro benzene ring substituents is 1. The summed E-state index contributed by atoms with van der Waals surface area (Å²) in [4.78, 5) is 15.3. The molecule has 1 heterocycles. The number of rotatable bonds is 5. The molecule has 0 bridgehead atoms. The van der Waals surface area contributed by atoms with E-state index in [1.807, 2.05) is 0 Å². The van der Waals surface area contributed by atoms with Crippen molar-refractivity contribution in [3.05, 3.63) is 33.3 Å². The first-order chi connectivity index (χ1) is 10.0.